The van der Waals surface area contributed by atoms with Gasteiger partial charge in [0.1, 0.15) is 0 Å². The van der Waals surface area contributed by atoms with Crippen molar-refractivity contribution >= 4 is 16.6 Å². The van der Waals surface area contributed by atoms with E-state index in [1.165, 1.54) is 63.5 Å². The third-order valence-electron chi connectivity index (χ3n) is 7.86. The number of epoxide rings is 1. The summed E-state index contributed by atoms with van der Waals surface area (Å²) in [5, 5.41) is 0. The van der Waals surface area contributed by atoms with Gasteiger partial charge in [0.05, 0.1) is 12.2 Å². The smallest absolute Gasteiger partial charge is 0.258 e. The number of hydrogen-bond acceptors (Lipinski definition) is 2. The Morgan fingerprint density at radius 2 is 1.44 bits per heavy atom. The van der Waals surface area contributed by atoms with Gasteiger partial charge in [-0.2, -0.15) is 0 Å². The lowest BCUT2D eigenvalue weighted by atomic mass is 9.87. The second-order valence-electron chi connectivity index (χ2n) is 10.2. The molecule has 1 saturated heterocycles. The summed E-state index contributed by atoms with van der Waals surface area (Å²) in [6, 6.07) is 2.56. The topological polar surface area (TPSA) is 21.8 Å². The zero-order valence-corrected chi connectivity index (χ0v) is 18.1. The maximum Gasteiger partial charge on any atom is 0.258 e. The second-order valence-corrected chi connectivity index (χ2v) is 17.5. The quantitative estimate of drug-likeness (QED) is 0.369. The Kier molecular flexibility index (Phi) is 4.24. The molecule has 25 heavy (non-hydrogen) atoms. The van der Waals surface area contributed by atoms with Gasteiger partial charge in [0, 0.05) is 0 Å². The summed E-state index contributed by atoms with van der Waals surface area (Å²) in [5.41, 5.74) is 7.38. The van der Waals surface area contributed by atoms with Gasteiger partial charge >= 0.3 is 0 Å². The molecular weight excluding hydrogens is 340 g/mol. The van der Waals surface area contributed by atoms with Crippen LogP contribution < -0.4 is 0 Å². The normalized spacial score (nSPS) is 52.7. The molecule has 0 N–H and O–H groups in total. The minimum absolute atomic E-state index is 0.616. The fourth-order valence-corrected chi connectivity index (χ4v) is 15.4. The molecule has 0 bridgehead atoms. The molecule has 8 atom stereocenters. The summed E-state index contributed by atoms with van der Waals surface area (Å²) in [6.45, 7) is 4.80. The van der Waals surface area contributed by atoms with Crippen molar-refractivity contribution in [3.8, 4) is 11.1 Å². The van der Waals surface area contributed by atoms with E-state index in [0.717, 1.165) is 23.7 Å². The van der Waals surface area contributed by atoms with Crippen molar-refractivity contribution < 1.29 is 8.85 Å². The molecule has 2 nitrogen and oxygen atoms in total. The lowest BCUT2D eigenvalue weighted by Gasteiger charge is -2.30. The third kappa shape index (κ3) is 3.81. The molecule has 3 aliphatic carbocycles. The average Bonchev–Trinajstić information content (AvgIpc) is 3.49. The molecule has 138 valence electrons. The lowest BCUT2D eigenvalue weighted by molar-refractivity contribution is 0.331. The fraction of sp³-hybridized carbons (Fsp3) is 0.905. The van der Waals surface area contributed by atoms with Crippen LogP contribution in [0.4, 0.5) is 0 Å². The molecule has 0 radical (unpaired) electrons. The molecule has 4 fully saturated rings. The van der Waals surface area contributed by atoms with Gasteiger partial charge in [-0.3, -0.25) is 0 Å². The molecule has 0 spiro atoms. The van der Waals surface area contributed by atoms with Crippen LogP contribution in [0.2, 0.25) is 25.2 Å². The first-order valence-corrected chi connectivity index (χ1v) is 16.1. The van der Waals surface area contributed by atoms with Crippen LogP contribution in [0.25, 0.3) is 0 Å². The zero-order valence-electron chi connectivity index (χ0n) is 16.1. The van der Waals surface area contributed by atoms with E-state index in [-0.39, 0.29) is 0 Å². The largest absolute Gasteiger partial charge is 0.437 e. The van der Waals surface area contributed by atoms with Crippen molar-refractivity contribution in [1.29, 1.82) is 0 Å². The van der Waals surface area contributed by atoms with Crippen LogP contribution in [0.1, 0.15) is 57.8 Å². The van der Waals surface area contributed by atoms with E-state index in [4.69, 9.17) is 8.85 Å². The molecule has 8 unspecified atom stereocenters. The summed E-state index contributed by atoms with van der Waals surface area (Å²) < 4.78 is 12.5. The summed E-state index contributed by atoms with van der Waals surface area (Å²) in [5.74, 6) is 4.09. The molecule has 0 amide bonds. The van der Waals surface area contributed by atoms with Gasteiger partial charge < -0.3 is 8.85 Å². The molecule has 0 aromatic heterocycles. The fourth-order valence-electron chi connectivity index (χ4n) is 5.96. The maximum absolute atomic E-state index is 6.82. The van der Waals surface area contributed by atoms with E-state index in [0.29, 0.717) is 12.2 Å². The van der Waals surface area contributed by atoms with Crippen molar-refractivity contribution in [3.63, 3.8) is 0 Å². The SMILES string of the molecule is C[Si]1(CCC2CCC3CC3C2)C#C[Si](C)(CCC2CCC3OC3C2)O1. The van der Waals surface area contributed by atoms with Crippen molar-refractivity contribution in [2.45, 2.75) is 95.2 Å². The Morgan fingerprint density at radius 3 is 2.12 bits per heavy atom. The molecule has 2 heterocycles. The van der Waals surface area contributed by atoms with E-state index in [9.17, 15) is 0 Å². The summed E-state index contributed by atoms with van der Waals surface area (Å²) >= 11 is 0. The molecule has 0 aromatic carbocycles. The Hall–Kier alpha value is -0.0862. The number of fused-ring (bicyclic) bond motifs is 2. The third-order valence-corrected chi connectivity index (χ3v) is 15.5. The number of ether oxygens (including phenoxy) is 1. The van der Waals surface area contributed by atoms with E-state index in [1.807, 2.05) is 0 Å². The van der Waals surface area contributed by atoms with Gasteiger partial charge in [-0.1, -0.05) is 6.42 Å². The highest BCUT2D eigenvalue weighted by molar-refractivity contribution is 6.98. The van der Waals surface area contributed by atoms with Crippen LogP contribution >= 0.6 is 0 Å². The van der Waals surface area contributed by atoms with Crippen LogP contribution in [0.5, 0.6) is 0 Å². The Morgan fingerprint density at radius 1 is 0.760 bits per heavy atom. The minimum Gasteiger partial charge on any atom is -0.437 e. The highest BCUT2D eigenvalue weighted by Gasteiger charge is 2.47. The molecule has 2 aliphatic heterocycles. The van der Waals surface area contributed by atoms with Crippen molar-refractivity contribution in [3.05, 3.63) is 0 Å². The standard InChI is InChI=1S/C21H34O2Si2/c1-24(9-7-16-3-5-18-15-19(18)13-16)11-12-25(2,23-24)10-8-17-4-6-20-21(14-17)22-20/h16-21H,3-10,13-15H2,1-2H3. The van der Waals surface area contributed by atoms with Crippen LogP contribution in [-0.4, -0.2) is 28.8 Å². The molecular formula is C21H34O2Si2. The molecule has 0 aromatic rings. The molecule has 5 rings (SSSR count). The lowest BCUT2D eigenvalue weighted by Crippen LogP contribution is -2.42. The van der Waals surface area contributed by atoms with Crippen molar-refractivity contribution in [1.82, 2.24) is 0 Å². The van der Waals surface area contributed by atoms with Gasteiger partial charge in [0.2, 0.25) is 0 Å². The van der Waals surface area contributed by atoms with Gasteiger partial charge in [-0.25, -0.2) is 0 Å². The van der Waals surface area contributed by atoms with Crippen LogP contribution in [0.3, 0.4) is 0 Å². The van der Waals surface area contributed by atoms with E-state index < -0.39 is 16.6 Å². The van der Waals surface area contributed by atoms with E-state index in [2.05, 4.69) is 24.2 Å². The highest BCUT2D eigenvalue weighted by Crippen LogP contribution is 2.52. The number of hydrogen-bond donors (Lipinski definition) is 0. The van der Waals surface area contributed by atoms with Gasteiger partial charge in [-0.15, -0.1) is 11.1 Å². The molecule has 4 heteroatoms. The Labute approximate surface area is 155 Å². The predicted molar refractivity (Wildman–Crippen MR) is 106 cm³/mol. The van der Waals surface area contributed by atoms with Gasteiger partial charge in [-0.05, 0) is 100 Å². The Bertz CT molecular complexity index is 550. The average molecular weight is 375 g/mol. The van der Waals surface area contributed by atoms with Crippen LogP contribution in [0.15, 0.2) is 0 Å². The molecule has 3 saturated carbocycles. The maximum atomic E-state index is 6.82. The van der Waals surface area contributed by atoms with Crippen LogP contribution in [-0.2, 0) is 8.85 Å². The summed E-state index contributed by atoms with van der Waals surface area (Å²) in [6.07, 6.45) is 14.0. The summed E-state index contributed by atoms with van der Waals surface area (Å²) in [4.78, 5) is 0. The van der Waals surface area contributed by atoms with Crippen molar-refractivity contribution in [2.24, 2.45) is 23.7 Å². The van der Waals surface area contributed by atoms with Gasteiger partial charge in [0.15, 0.2) is 0 Å². The first kappa shape index (κ1) is 17.0. The first-order valence-electron chi connectivity index (χ1n) is 10.9. The van der Waals surface area contributed by atoms with Crippen LogP contribution in [0, 0.1) is 34.8 Å². The first-order chi connectivity index (χ1) is 12.0. The highest BCUT2D eigenvalue weighted by atomic mass is 28.4. The predicted octanol–water partition coefficient (Wildman–Crippen LogP) is 5.03. The molecule has 5 aliphatic rings. The van der Waals surface area contributed by atoms with E-state index in [1.54, 1.807) is 6.42 Å². The Balaban J connectivity index is 1.08. The second kappa shape index (κ2) is 6.22. The monoisotopic (exact) mass is 374 g/mol. The summed E-state index contributed by atoms with van der Waals surface area (Å²) in [7, 11) is -3.48. The minimum atomic E-state index is -1.75. The van der Waals surface area contributed by atoms with Gasteiger partial charge in [0.25, 0.3) is 16.6 Å². The number of rotatable bonds is 6. The zero-order chi connectivity index (χ0) is 17.1. The van der Waals surface area contributed by atoms with E-state index >= 15 is 0 Å². The van der Waals surface area contributed by atoms with Crippen molar-refractivity contribution in [2.75, 3.05) is 0 Å².